The van der Waals surface area contributed by atoms with Crippen LogP contribution in [0.3, 0.4) is 0 Å². The van der Waals surface area contributed by atoms with Crippen LogP contribution in [-0.4, -0.2) is 74.2 Å². The Morgan fingerprint density at radius 2 is 1.58 bits per heavy atom. The lowest BCUT2D eigenvalue weighted by Crippen LogP contribution is -2.46. The van der Waals surface area contributed by atoms with Crippen LogP contribution in [0.1, 0.15) is 67.7 Å². The number of carboxylic acids is 1. The summed E-state index contributed by atoms with van der Waals surface area (Å²) in [6.07, 6.45) is 0.145. The van der Waals surface area contributed by atoms with Crippen LogP contribution in [0, 0.1) is 0 Å². The van der Waals surface area contributed by atoms with Gasteiger partial charge in [0.15, 0.2) is 8.32 Å². The fourth-order valence-electron chi connectivity index (χ4n) is 2.49. The number of carboxylic acid groups (broad SMARTS) is 1. The van der Waals surface area contributed by atoms with E-state index in [0.717, 1.165) is 4.90 Å². The highest BCUT2D eigenvalue weighted by Crippen LogP contribution is 2.37. The molecule has 182 valence electrons. The maximum atomic E-state index is 12.2. The van der Waals surface area contributed by atoms with E-state index in [1.807, 2.05) is 0 Å². The Morgan fingerprint density at radius 3 is 2.00 bits per heavy atom. The fraction of sp³-hybridized carbons (Fsp3) is 0.864. The van der Waals surface area contributed by atoms with Crippen LogP contribution in [0.25, 0.3) is 0 Å². The van der Waals surface area contributed by atoms with Gasteiger partial charge in [0.1, 0.15) is 17.4 Å². The zero-order valence-corrected chi connectivity index (χ0v) is 22.0. The van der Waals surface area contributed by atoms with E-state index in [1.54, 1.807) is 27.7 Å². The van der Waals surface area contributed by atoms with Gasteiger partial charge in [-0.05, 0) is 52.2 Å². The molecule has 0 aromatic heterocycles. The van der Waals surface area contributed by atoms with Crippen molar-refractivity contribution in [3.63, 3.8) is 0 Å². The SMILES string of the molecule is CC(=O)CC[C@@H](COCC[C@@H](C(=O)O)N(C)C(=O)OC(C)(C)C)O[Si](C)(C)C(C)(C)C. The van der Waals surface area contributed by atoms with Gasteiger partial charge < -0.3 is 23.8 Å². The molecule has 0 saturated carbocycles. The highest BCUT2D eigenvalue weighted by Gasteiger charge is 2.39. The molecule has 0 aliphatic carbocycles. The van der Waals surface area contributed by atoms with Gasteiger partial charge in [0, 0.05) is 26.5 Å². The third-order valence-electron chi connectivity index (χ3n) is 5.36. The molecule has 0 rings (SSSR count). The Kier molecular flexibility index (Phi) is 11.4. The lowest BCUT2D eigenvalue weighted by molar-refractivity contribution is -0.143. The van der Waals surface area contributed by atoms with Gasteiger partial charge in [-0.1, -0.05) is 20.8 Å². The number of likely N-dealkylation sites (N-methyl/N-ethyl adjacent to an activating group) is 1. The number of amides is 1. The molecule has 0 fully saturated rings. The summed E-state index contributed by atoms with van der Waals surface area (Å²) in [5.41, 5.74) is -0.712. The van der Waals surface area contributed by atoms with E-state index in [4.69, 9.17) is 13.9 Å². The van der Waals surface area contributed by atoms with Crippen LogP contribution in [0.15, 0.2) is 0 Å². The molecule has 0 heterocycles. The number of carbonyl (C=O) groups excluding carboxylic acids is 2. The van der Waals surface area contributed by atoms with Gasteiger partial charge in [-0.3, -0.25) is 4.90 Å². The maximum absolute atomic E-state index is 12.2. The van der Waals surface area contributed by atoms with Crippen LogP contribution in [0.4, 0.5) is 4.79 Å². The lowest BCUT2D eigenvalue weighted by atomic mass is 10.1. The van der Waals surface area contributed by atoms with Gasteiger partial charge in [-0.2, -0.15) is 0 Å². The maximum Gasteiger partial charge on any atom is 0.410 e. The first-order chi connectivity index (χ1) is 13.9. The minimum Gasteiger partial charge on any atom is -0.480 e. The fourth-order valence-corrected chi connectivity index (χ4v) is 3.86. The summed E-state index contributed by atoms with van der Waals surface area (Å²) in [4.78, 5) is 36.4. The molecule has 1 N–H and O–H groups in total. The molecule has 0 radical (unpaired) electrons. The minimum atomic E-state index is -2.05. The molecule has 8 nitrogen and oxygen atoms in total. The Bertz CT molecular complexity index is 608. The first-order valence-corrected chi connectivity index (χ1v) is 13.7. The Labute approximate surface area is 188 Å². The molecule has 0 aromatic rings. The summed E-state index contributed by atoms with van der Waals surface area (Å²) in [6, 6.07) is -1.06. The van der Waals surface area contributed by atoms with Gasteiger partial charge in [0.2, 0.25) is 0 Å². The van der Waals surface area contributed by atoms with Crippen LogP contribution in [0.2, 0.25) is 18.1 Å². The van der Waals surface area contributed by atoms with Crippen molar-refractivity contribution in [1.29, 1.82) is 0 Å². The number of carbonyl (C=O) groups is 3. The second-order valence-electron chi connectivity index (χ2n) is 10.5. The second-order valence-corrected chi connectivity index (χ2v) is 15.3. The number of nitrogens with zero attached hydrogens (tertiary/aromatic N) is 1. The second kappa shape index (κ2) is 12.0. The summed E-state index contributed by atoms with van der Waals surface area (Å²) in [5.74, 6) is -1.03. The smallest absolute Gasteiger partial charge is 0.410 e. The predicted octanol–water partition coefficient (Wildman–Crippen LogP) is 4.47. The molecule has 0 unspecified atom stereocenters. The number of ether oxygens (including phenoxy) is 2. The van der Waals surface area contributed by atoms with Crippen LogP contribution >= 0.6 is 0 Å². The van der Waals surface area contributed by atoms with Crippen molar-refractivity contribution < 1.29 is 33.4 Å². The summed E-state index contributed by atoms with van der Waals surface area (Å²) in [7, 11) is -0.645. The van der Waals surface area contributed by atoms with Crippen molar-refractivity contribution in [2.45, 2.75) is 104 Å². The quantitative estimate of drug-likeness (QED) is 0.338. The highest BCUT2D eigenvalue weighted by molar-refractivity contribution is 6.74. The molecule has 0 bridgehead atoms. The number of Topliss-reactive ketones (excluding diaryl/α,β-unsaturated/α-hetero) is 1. The average Bonchev–Trinajstić information content (AvgIpc) is 2.55. The molecule has 0 aliphatic heterocycles. The summed E-state index contributed by atoms with van der Waals surface area (Å²) >= 11 is 0. The van der Waals surface area contributed by atoms with E-state index in [1.165, 1.54) is 7.05 Å². The van der Waals surface area contributed by atoms with Crippen molar-refractivity contribution in [1.82, 2.24) is 4.90 Å². The summed E-state index contributed by atoms with van der Waals surface area (Å²) < 4.78 is 17.4. The molecular formula is C22H43NO7Si. The first-order valence-electron chi connectivity index (χ1n) is 10.8. The monoisotopic (exact) mass is 461 g/mol. The van der Waals surface area contributed by atoms with Gasteiger partial charge in [-0.25, -0.2) is 9.59 Å². The number of ketones is 1. The minimum absolute atomic E-state index is 0.0198. The largest absolute Gasteiger partial charge is 0.480 e. The van der Waals surface area contributed by atoms with Crippen molar-refractivity contribution >= 4 is 26.2 Å². The zero-order chi connectivity index (χ0) is 24.6. The molecule has 1 amide bonds. The third-order valence-corrected chi connectivity index (χ3v) is 9.89. The molecule has 0 spiro atoms. The van der Waals surface area contributed by atoms with Gasteiger partial charge in [-0.15, -0.1) is 0 Å². The van der Waals surface area contributed by atoms with E-state index in [0.29, 0.717) is 12.8 Å². The number of aliphatic carboxylic acids is 1. The van der Waals surface area contributed by atoms with Crippen LogP contribution in [0.5, 0.6) is 0 Å². The standard InChI is InChI=1S/C22H43NO7Si/c1-16(24)11-12-17(30-31(9,10)22(5,6)7)15-28-14-13-18(19(25)26)23(8)20(27)29-21(2,3)4/h17-18H,11-15H2,1-10H3,(H,25,26)/t17-,18-/m0/s1. The topological polar surface area (TPSA) is 102 Å². The van der Waals surface area contributed by atoms with Crippen molar-refractivity contribution in [2.75, 3.05) is 20.3 Å². The lowest BCUT2D eigenvalue weighted by Gasteiger charge is -2.39. The van der Waals surface area contributed by atoms with E-state index in [2.05, 4.69) is 33.9 Å². The van der Waals surface area contributed by atoms with Gasteiger partial charge >= 0.3 is 12.1 Å². The van der Waals surface area contributed by atoms with Crippen LogP contribution < -0.4 is 0 Å². The number of hydrogen-bond acceptors (Lipinski definition) is 6. The predicted molar refractivity (Wildman–Crippen MR) is 123 cm³/mol. The molecule has 0 aliphatic rings. The van der Waals surface area contributed by atoms with E-state index in [-0.39, 0.29) is 36.6 Å². The molecule has 0 aromatic carbocycles. The molecule has 0 saturated heterocycles. The van der Waals surface area contributed by atoms with Gasteiger partial charge in [0.05, 0.1) is 12.7 Å². The van der Waals surface area contributed by atoms with Crippen molar-refractivity contribution in [2.24, 2.45) is 0 Å². The van der Waals surface area contributed by atoms with E-state index in [9.17, 15) is 19.5 Å². The molecule has 31 heavy (non-hydrogen) atoms. The Morgan fingerprint density at radius 1 is 1.03 bits per heavy atom. The van der Waals surface area contributed by atoms with E-state index >= 15 is 0 Å². The third kappa shape index (κ3) is 11.7. The van der Waals surface area contributed by atoms with E-state index < -0.39 is 32.0 Å². The molecule has 2 atom stereocenters. The number of rotatable bonds is 12. The zero-order valence-electron chi connectivity index (χ0n) is 21.0. The number of hydrogen-bond donors (Lipinski definition) is 1. The summed E-state index contributed by atoms with van der Waals surface area (Å²) in [5, 5.41) is 9.55. The normalized spacial score (nSPS) is 14.6. The van der Waals surface area contributed by atoms with Crippen molar-refractivity contribution in [3.8, 4) is 0 Å². The molecular weight excluding hydrogens is 418 g/mol. The Balaban J connectivity index is 4.93. The average molecular weight is 462 g/mol. The molecule has 9 heteroatoms. The Hall–Kier alpha value is -1.45. The summed E-state index contributed by atoms with van der Waals surface area (Å²) in [6.45, 7) is 17.8. The highest BCUT2D eigenvalue weighted by atomic mass is 28.4. The van der Waals surface area contributed by atoms with Crippen molar-refractivity contribution in [3.05, 3.63) is 0 Å². The first kappa shape index (κ1) is 29.5. The van der Waals surface area contributed by atoms with Crippen LogP contribution in [-0.2, 0) is 23.5 Å². The van der Waals surface area contributed by atoms with Gasteiger partial charge in [0.25, 0.3) is 0 Å².